The minimum Gasteiger partial charge on any atom is -0.428 e. The molecule has 4 rings (SSSR count). The van der Waals surface area contributed by atoms with Gasteiger partial charge in [-0.2, -0.15) is 9.59 Å². The van der Waals surface area contributed by atoms with Crippen LogP contribution >= 0.6 is 0 Å². The minimum atomic E-state index is -1.01. The molecule has 0 atom stereocenters. The zero-order chi connectivity index (χ0) is 35.2. The van der Waals surface area contributed by atoms with E-state index in [1.165, 1.54) is 20.8 Å². The number of rotatable bonds is 10. The molecule has 0 aromatic heterocycles. The third kappa shape index (κ3) is 12.7. The number of carbonyl (C=O) groups is 4. The highest BCUT2D eigenvalue weighted by Gasteiger charge is 2.30. The van der Waals surface area contributed by atoms with E-state index in [1.807, 2.05) is 38.1 Å². The standard InChI is InChI=1S/C37H48O10Si2/c1-5-24(3)48-32-19-11-28(12-20-32)34(38)44-46-36(40)42-30-15-7-26(8-16-30)23-27-9-17-31(18-10-27)43-37(41)47-45-35(39)29-13-21-33(22-14-29)49-25(4)6-2/h5-6,11-14,19-22,26-27,30-31H,7-10,15-18,23,48-49H2,1-4H3/b24-5+,25-6+. The van der Waals surface area contributed by atoms with Gasteiger partial charge in [0.2, 0.25) is 0 Å². The number of hydrogen-bond donors (Lipinski definition) is 0. The van der Waals surface area contributed by atoms with Gasteiger partial charge in [0.1, 0.15) is 12.2 Å². The van der Waals surface area contributed by atoms with Gasteiger partial charge in [-0.1, -0.05) is 57.2 Å². The molecule has 0 amide bonds. The summed E-state index contributed by atoms with van der Waals surface area (Å²) in [6.07, 6.45) is 9.26. The van der Waals surface area contributed by atoms with Crippen LogP contribution in [0.1, 0.15) is 106 Å². The molecule has 10 nitrogen and oxygen atoms in total. The minimum absolute atomic E-state index is 0.278. The number of carbonyl (C=O) groups excluding carboxylic acids is 4. The normalized spacial score (nSPS) is 21.7. The summed E-state index contributed by atoms with van der Waals surface area (Å²) in [5.41, 5.74) is 0.610. The lowest BCUT2D eigenvalue weighted by molar-refractivity contribution is -0.208. The largest absolute Gasteiger partial charge is 0.550 e. The van der Waals surface area contributed by atoms with Crippen molar-refractivity contribution in [3.8, 4) is 0 Å². The monoisotopic (exact) mass is 708 g/mol. The van der Waals surface area contributed by atoms with Crippen LogP contribution in [0.15, 0.2) is 71.1 Å². The lowest BCUT2D eigenvalue weighted by Crippen LogP contribution is -2.28. The Balaban J connectivity index is 1.06. The zero-order valence-corrected chi connectivity index (χ0v) is 31.8. The fourth-order valence-corrected chi connectivity index (χ4v) is 9.00. The van der Waals surface area contributed by atoms with E-state index in [-0.39, 0.29) is 12.2 Å². The molecule has 0 radical (unpaired) electrons. The summed E-state index contributed by atoms with van der Waals surface area (Å²) in [6.45, 7) is 8.24. The van der Waals surface area contributed by atoms with Crippen molar-refractivity contribution in [3.63, 3.8) is 0 Å². The smallest absolute Gasteiger partial charge is 0.428 e. The summed E-state index contributed by atoms with van der Waals surface area (Å²) >= 11 is 0. The van der Waals surface area contributed by atoms with Gasteiger partial charge in [-0.3, -0.25) is 0 Å². The van der Waals surface area contributed by atoms with Gasteiger partial charge in [-0.05, 0) is 122 Å². The first-order valence-electron chi connectivity index (χ1n) is 17.2. The summed E-state index contributed by atoms with van der Waals surface area (Å²) in [7, 11) is -1.06. The van der Waals surface area contributed by atoms with Crippen LogP contribution in [0.25, 0.3) is 0 Å². The number of allylic oxidation sites excluding steroid dienone is 4. The summed E-state index contributed by atoms with van der Waals surface area (Å²) in [5, 5.41) is 5.14. The lowest BCUT2D eigenvalue weighted by Gasteiger charge is -2.33. The molecular formula is C37H48O10Si2. The Hall–Kier alpha value is -4.17. The van der Waals surface area contributed by atoms with Gasteiger partial charge in [-0.15, -0.1) is 0 Å². The van der Waals surface area contributed by atoms with Crippen molar-refractivity contribution in [2.45, 2.75) is 97.7 Å². The molecular weight excluding hydrogens is 661 g/mol. The number of benzene rings is 2. The maximum atomic E-state index is 12.3. The maximum Gasteiger partial charge on any atom is 0.550 e. The van der Waals surface area contributed by atoms with Crippen LogP contribution in [0.5, 0.6) is 0 Å². The average molecular weight is 709 g/mol. The van der Waals surface area contributed by atoms with E-state index in [9.17, 15) is 19.2 Å². The second-order valence-electron chi connectivity index (χ2n) is 13.2. The second-order valence-corrected chi connectivity index (χ2v) is 17.8. The molecule has 0 N–H and O–H groups in total. The number of ether oxygens (including phenoxy) is 2. The summed E-state index contributed by atoms with van der Waals surface area (Å²) < 4.78 is 10.8. The van der Waals surface area contributed by atoms with Crippen LogP contribution in [0.4, 0.5) is 9.59 Å². The Morgan fingerprint density at radius 2 is 0.918 bits per heavy atom. The van der Waals surface area contributed by atoms with Gasteiger partial charge in [-0.25, -0.2) is 29.1 Å². The Kier molecular flexibility index (Phi) is 14.7. The van der Waals surface area contributed by atoms with Crippen molar-refractivity contribution in [2.24, 2.45) is 11.8 Å². The van der Waals surface area contributed by atoms with Gasteiger partial charge in [0.25, 0.3) is 0 Å². The molecule has 2 aliphatic rings. The third-order valence-electron chi connectivity index (χ3n) is 9.48. The van der Waals surface area contributed by atoms with Crippen molar-refractivity contribution in [1.82, 2.24) is 0 Å². The van der Waals surface area contributed by atoms with E-state index < -0.39 is 43.3 Å². The molecule has 0 bridgehead atoms. The average Bonchev–Trinajstić information content (AvgIpc) is 3.11. The Labute approximate surface area is 293 Å². The highest BCUT2D eigenvalue weighted by atomic mass is 28.2. The van der Waals surface area contributed by atoms with Crippen LogP contribution in [0.3, 0.4) is 0 Å². The van der Waals surface area contributed by atoms with E-state index in [0.717, 1.165) is 57.8 Å². The van der Waals surface area contributed by atoms with E-state index in [4.69, 9.17) is 19.2 Å². The second kappa shape index (κ2) is 19.1. The zero-order valence-electron chi connectivity index (χ0n) is 28.9. The van der Waals surface area contributed by atoms with Gasteiger partial charge in [0.15, 0.2) is 0 Å². The Bertz CT molecular complexity index is 1360. The highest BCUT2D eigenvalue weighted by Crippen LogP contribution is 2.37. The van der Waals surface area contributed by atoms with E-state index in [0.29, 0.717) is 23.0 Å². The summed E-state index contributed by atoms with van der Waals surface area (Å²) in [5.74, 6) is -0.449. The van der Waals surface area contributed by atoms with Gasteiger partial charge in [0, 0.05) is 0 Å². The van der Waals surface area contributed by atoms with Crippen LogP contribution in [-0.2, 0) is 29.0 Å². The number of hydrogen-bond acceptors (Lipinski definition) is 10. The molecule has 0 unspecified atom stereocenters. The first kappa shape index (κ1) is 37.6. The first-order valence-corrected chi connectivity index (χ1v) is 20.0. The molecule has 12 heteroatoms. The molecule has 0 aliphatic heterocycles. The van der Waals surface area contributed by atoms with Crippen molar-refractivity contribution < 1.29 is 48.2 Å². The molecule has 0 heterocycles. The molecule has 0 saturated heterocycles. The summed E-state index contributed by atoms with van der Waals surface area (Å²) in [6, 6.07) is 14.3. The topological polar surface area (TPSA) is 124 Å². The van der Waals surface area contributed by atoms with Crippen LogP contribution in [-0.4, -0.2) is 55.5 Å². The Morgan fingerprint density at radius 3 is 1.24 bits per heavy atom. The Morgan fingerprint density at radius 1 is 0.571 bits per heavy atom. The first-order chi connectivity index (χ1) is 23.6. The predicted octanol–water partition coefficient (Wildman–Crippen LogP) is 5.78. The molecule has 2 fully saturated rings. The van der Waals surface area contributed by atoms with Crippen molar-refractivity contribution in [2.75, 3.05) is 0 Å². The maximum absolute atomic E-state index is 12.3. The molecule has 2 aliphatic carbocycles. The van der Waals surface area contributed by atoms with Crippen molar-refractivity contribution in [3.05, 3.63) is 82.2 Å². The van der Waals surface area contributed by atoms with Gasteiger partial charge >= 0.3 is 24.2 Å². The molecule has 0 spiro atoms. The highest BCUT2D eigenvalue weighted by molar-refractivity contribution is 6.61. The molecule has 49 heavy (non-hydrogen) atoms. The lowest BCUT2D eigenvalue weighted by atomic mass is 9.76. The summed E-state index contributed by atoms with van der Waals surface area (Å²) in [4.78, 5) is 67.6. The molecule has 264 valence electrons. The van der Waals surface area contributed by atoms with Gasteiger partial charge in [0.05, 0.1) is 30.2 Å². The van der Waals surface area contributed by atoms with Crippen molar-refractivity contribution in [1.29, 1.82) is 0 Å². The van der Waals surface area contributed by atoms with Crippen LogP contribution < -0.4 is 10.4 Å². The molecule has 2 aromatic carbocycles. The van der Waals surface area contributed by atoms with E-state index in [2.05, 4.69) is 35.8 Å². The predicted molar refractivity (Wildman–Crippen MR) is 190 cm³/mol. The SMILES string of the molecule is C/C=C(\C)[SiH2]c1ccc(C(=O)OOC(=O)OC2CCC(CC3CCC(OC(=O)OOC(=O)c4ccc([SiH2]/C(C)=C/C)cc4)CC3)CC2)cc1. The van der Waals surface area contributed by atoms with Crippen molar-refractivity contribution >= 4 is 53.7 Å². The third-order valence-corrected chi connectivity index (χ3v) is 13.2. The van der Waals surface area contributed by atoms with Crippen LogP contribution in [0.2, 0.25) is 0 Å². The fourth-order valence-electron chi connectivity index (χ4n) is 6.36. The van der Waals surface area contributed by atoms with E-state index >= 15 is 0 Å². The van der Waals surface area contributed by atoms with Crippen LogP contribution in [0, 0.1) is 11.8 Å². The molecule has 2 aromatic rings. The van der Waals surface area contributed by atoms with E-state index in [1.54, 1.807) is 24.3 Å². The quantitative estimate of drug-likeness (QED) is 0.130. The fraction of sp³-hybridized carbons (Fsp3) is 0.459. The van der Waals surface area contributed by atoms with Gasteiger partial charge < -0.3 is 9.47 Å². The molecule has 2 saturated carbocycles.